The monoisotopic (exact) mass is 406 g/mol. The molecule has 0 fully saturated rings. The Morgan fingerprint density at radius 2 is 1.69 bits per heavy atom. The zero-order chi connectivity index (χ0) is 20.2. The maximum Gasteiger partial charge on any atom is 0.258 e. The first-order valence-corrected chi connectivity index (χ1v) is 10.3. The first-order chi connectivity index (χ1) is 14.1. The smallest absolute Gasteiger partial charge is 0.258 e. The van der Waals surface area contributed by atoms with Crippen LogP contribution in [0, 0.1) is 5.82 Å². The molecule has 0 aromatic heterocycles. The van der Waals surface area contributed by atoms with E-state index in [4.69, 9.17) is 0 Å². The Morgan fingerprint density at radius 1 is 0.966 bits per heavy atom. The Morgan fingerprint density at radius 3 is 2.45 bits per heavy atom. The lowest BCUT2D eigenvalue weighted by Crippen LogP contribution is -2.28. The molecule has 3 aromatic carbocycles. The maximum absolute atomic E-state index is 12.9. The fourth-order valence-electron chi connectivity index (χ4n) is 3.28. The van der Waals surface area contributed by atoms with Crippen LogP contribution in [0.1, 0.15) is 15.9 Å². The van der Waals surface area contributed by atoms with Crippen LogP contribution in [-0.4, -0.2) is 24.1 Å². The number of hydrogen-bond donors (Lipinski definition) is 1. The maximum atomic E-state index is 12.9. The second kappa shape index (κ2) is 8.49. The summed E-state index contributed by atoms with van der Waals surface area (Å²) in [5, 5.41) is 2.82. The summed E-state index contributed by atoms with van der Waals surface area (Å²) >= 11 is 1.34. The van der Waals surface area contributed by atoms with Gasteiger partial charge in [0, 0.05) is 28.4 Å². The fraction of sp³-hybridized carbons (Fsp3) is 0.130. The SMILES string of the molecule is O=C(CSc1ccc(F)cc1)Nc1ccc(C(=O)N2CCc3ccccc32)cc1. The van der Waals surface area contributed by atoms with Gasteiger partial charge in [-0.3, -0.25) is 9.59 Å². The Kier molecular flexibility index (Phi) is 5.62. The van der Waals surface area contributed by atoms with Gasteiger partial charge in [0.25, 0.3) is 5.91 Å². The predicted molar refractivity (Wildman–Crippen MR) is 114 cm³/mol. The van der Waals surface area contributed by atoms with Gasteiger partial charge < -0.3 is 10.2 Å². The third-order valence-electron chi connectivity index (χ3n) is 4.73. The van der Waals surface area contributed by atoms with Crippen molar-refractivity contribution in [3.63, 3.8) is 0 Å². The fourth-order valence-corrected chi connectivity index (χ4v) is 3.98. The van der Waals surface area contributed by atoms with Gasteiger partial charge >= 0.3 is 0 Å². The van der Waals surface area contributed by atoms with E-state index in [2.05, 4.69) is 5.32 Å². The normalized spacial score (nSPS) is 12.5. The molecule has 1 heterocycles. The minimum atomic E-state index is -0.300. The highest BCUT2D eigenvalue weighted by atomic mass is 32.2. The van der Waals surface area contributed by atoms with Crippen LogP contribution >= 0.6 is 11.8 Å². The Labute approximate surface area is 172 Å². The molecule has 0 saturated carbocycles. The number of para-hydroxylation sites is 1. The first-order valence-electron chi connectivity index (χ1n) is 9.28. The molecule has 0 spiro atoms. The standard InChI is InChI=1S/C23H19FN2O2S/c24-18-7-11-20(12-8-18)29-15-22(27)25-19-9-5-17(6-10-19)23(28)26-14-13-16-3-1-2-4-21(16)26/h1-12H,13-15H2,(H,25,27). The van der Waals surface area contributed by atoms with Crippen molar-refractivity contribution < 1.29 is 14.0 Å². The van der Waals surface area contributed by atoms with Gasteiger partial charge in [-0.25, -0.2) is 4.39 Å². The number of fused-ring (bicyclic) bond motifs is 1. The second-order valence-electron chi connectivity index (χ2n) is 6.70. The summed E-state index contributed by atoms with van der Waals surface area (Å²) in [6, 6.07) is 20.9. The van der Waals surface area contributed by atoms with Crippen molar-refractivity contribution in [2.75, 3.05) is 22.5 Å². The van der Waals surface area contributed by atoms with Crippen LogP contribution in [0.25, 0.3) is 0 Å². The topological polar surface area (TPSA) is 49.4 Å². The summed E-state index contributed by atoms with van der Waals surface area (Å²) < 4.78 is 12.9. The number of rotatable bonds is 5. The molecule has 1 aliphatic rings. The van der Waals surface area contributed by atoms with Crippen LogP contribution in [0.15, 0.2) is 77.7 Å². The molecule has 146 valence electrons. The van der Waals surface area contributed by atoms with E-state index in [1.54, 1.807) is 41.3 Å². The van der Waals surface area contributed by atoms with Crippen LogP contribution in [0.4, 0.5) is 15.8 Å². The van der Waals surface area contributed by atoms with E-state index in [1.165, 1.54) is 29.5 Å². The highest BCUT2D eigenvalue weighted by Gasteiger charge is 2.24. The largest absolute Gasteiger partial charge is 0.325 e. The van der Waals surface area contributed by atoms with E-state index in [0.29, 0.717) is 17.8 Å². The molecule has 4 nitrogen and oxygen atoms in total. The average molecular weight is 406 g/mol. The van der Waals surface area contributed by atoms with Gasteiger partial charge in [0.15, 0.2) is 0 Å². The van der Waals surface area contributed by atoms with Crippen molar-refractivity contribution in [2.45, 2.75) is 11.3 Å². The number of halogens is 1. The Bertz CT molecular complexity index is 1040. The first kappa shape index (κ1) is 19.2. The zero-order valence-corrected chi connectivity index (χ0v) is 16.4. The molecule has 0 saturated heterocycles. The zero-order valence-electron chi connectivity index (χ0n) is 15.6. The Balaban J connectivity index is 1.35. The molecule has 0 aliphatic carbocycles. The third kappa shape index (κ3) is 4.49. The van der Waals surface area contributed by atoms with Crippen molar-refractivity contribution >= 4 is 35.0 Å². The number of thioether (sulfide) groups is 1. The molecule has 29 heavy (non-hydrogen) atoms. The van der Waals surface area contributed by atoms with Crippen molar-refractivity contribution in [1.29, 1.82) is 0 Å². The second-order valence-corrected chi connectivity index (χ2v) is 7.75. The summed E-state index contributed by atoms with van der Waals surface area (Å²) in [6.07, 6.45) is 0.863. The quantitative estimate of drug-likeness (QED) is 0.622. The van der Waals surface area contributed by atoms with Crippen molar-refractivity contribution in [3.8, 4) is 0 Å². The predicted octanol–water partition coefficient (Wildman–Crippen LogP) is 4.76. The molecule has 2 amide bonds. The minimum Gasteiger partial charge on any atom is -0.325 e. The third-order valence-corrected chi connectivity index (χ3v) is 5.74. The van der Waals surface area contributed by atoms with Gasteiger partial charge in [0.05, 0.1) is 5.75 Å². The van der Waals surface area contributed by atoms with Crippen LogP contribution in [0.5, 0.6) is 0 Å². The highest BCUT2D eigenvalue weighted by molar-refractivity contribution is 8.00. The van der Waals surface area contributed by atoms with E-state index in [9.17, 15) is 14.0 Å². The minimum absolute atomic E-state index is 0.0420. The number of nitrogens with zero attached hydrogens (tertiary/aromatic N) is 1. The van der Waals surface area contributed by atoms with Gasteiger partial charge in [-0.1, -0.05) is 18.2 Å². The van der Waals surface area contributed by atoms with E-state index < -0.39 is 0 Å². The number of carbonyl (C=O) groups is 2. The molecule has 0 radical (unpaired) electrons. The van der Waals surface area contributed by atoms with Gasteiger partial charge in [0.1, 0.15) is 5.82 Å². The lowest BCUT2D eigenvalue weighted by atomic mass is 10.1. The summed E-state index contributed by atoms with van der Waals surface area (Å²) in [4.78, 5) is 27.6. The van der Waals surface area contributed by atoms with Crippen molar-refractivity contribution in [2.24, 2.45) is 0 Å². The molecule has 4 rings (SSSR count). The number of benzene rings is 3. The Hall–Kier alpha value is -3.12. The molecular weight excluding hydrogens is 387 g/mol. The molecule has 1 aliphatic heterocycles. The van der Waals surface area contributed by atoms with Gasteiger partial charge in [-0.2, -0.15) is 0 Å². The summed E-state index contributed by atoms with van der Waals surface area (Å²) in [5.74, 6) is -0.283. The molecular formula is C23H19FN2O2S. The van der Waals surface area contributed by atoms with Crippen LogP contribution in [-0.2, 0) is 11.2 Å². The van der Waals surface area contributed by atoms with Crippen molar-refractivity contribution in [1.82, 2.24) is 0 Å². The van der Waals surface area contributed by atoms with Gasteiger partial charge in [-0.15, -0.1) is 11.8 Å². The molecule has 3 aromatic rings. The van der Waals surface area contributed by atoms with Crippen LogP contribution in [0.3, 0.4) is 0 Å². The molecule has 0 bridgehead atoms. The number of carbonyl (C=O) groups excluding carboxylic acids is 2. The number of amides is 2. The number of nitrogens with one attached hydrogen (secondary N) is 1. The lowest BCUT2D eigenvalue weighted by Gasteiger charge is -2.17. The number of hydrogen-bond acceptors (Lipinski definition) is 3. The van der Waals surface area contributed by atoms with E-state index in [0.717, 1.165) is 17.0 Å². The lowest BCUT2D eigenvalue weighted by molar-refractivity contribution is -0.113. The van der Waals surface area contributed by atoms with E-state index in [1.807, 2.05) is 24.3 Å². The summed E-state index contributed by atoms with van der Waals surface area (Å²) in [5.41, 5.74) is 3.37. The molecule has 0 unspecified atom stereocenters. The highest BCUT2D eigenvalue weighted by Crippen LogP contribution is 2.29. The van der Waals surface area contributed by atoms with Gasteiger partial charge in [-0.05, 0) is 66.6 Å². The molecule has 1 N–H and O–H groups in total. The molecule has 6 heteroatoms. The van der Waals surface area contributed by atoms with Crippen molar-refractivity contribution in [3.05, 3.63) is 89.7 Å². The molecule has 0 atom stereocenters. The summed E-state index contributed by atoms with van der Waals surface area (Å²) in [7, 11) is 0. The summed E-state index contributed by atoms with van der Waals surface area (Å²) in [6.45, 7) is 0.678. The van der Waals surface area contributed by atoms with Crippen LogP contribution < -0.4 is 10.2 Å². The van der Waals surface area contributed by atoms with E-state index in [-0.39, 0.29) is 23.4 Å². The number of anilines is 2. The van der Waals surface area contributed by atoms with E-state index >= 15 is 0 Å². The van der Waals surface area contributed by atoms with Crippen LogP contribution in [0.2, 0.25) is 0 Å². The average Bonchev–Trinajstić information content (AvgIpc) is 3.17. The van der Waals surface area contributed by atoms with Gasteiger partial charge in [0.2, 0.25) is 5.91 Å².